The molecule has 0 saturated heterocycles. The van der Waals surface area contributed by atoms with Crippen molar-refractivity contribution in [1.29, 1.82) is 0 Å². The summed E-state index contributed by atoms with van der Waals surface area (Å²) in [5, 5.41) is 0. The number of aromatic amines is 1. The van der Waals surface area contributed by atoms with Crippen LogP contribution < -0.4 is 10.4 Å². The zero-order valence-electron chi connectivity index (χ0n) is 12.6. The maximum absolute atomic E-state index is 12.3. The molecule has 3 aromatic rings. The third kappa shape index (κ3) is 3.20. The number of nitrogens with one attached hydrogen (secondary N) is 2. The van der Waals surface area contributed by atoms with Crippen LogP contribution in [0.2, 0.25) is 0 Å². The fraction of sp³-hybridized carbons (Fsp3) is 0.188. The average molecular weight is 331 g/mol. The number of rotatable bonds is 5. The summed E-state index contributed by atoms with van der Waals surface area (Å²) >= 11 is 0. The summed E-state index contributed by atoms with van der Waals surface area (Å²) in [6.07, 6.45) is 0. The van der Waals surface area contributed by atoms with Crippen molar-refractivity contribution in [3.63, 3.8) is 0 Å². The van der Waals surface area contributed by atoms with Crippen molar-refractivity contribution in [2.24, 2.45) is 0 Å². The fourth-order valence-corrected chi connectivity index (χ4v) is 3.61. The number of aryl methyl sites for hydroxylation is 1. The molecule has 0 radical (unpaired) electrons. The summed E-state index contributed by atoms with van der Waals surface area (Å²) in [5.74, 6) is 0. The molecule has 2 N–H and O–H groups in total. The van der Waals surface area contributed by atoms with Crippen LogP contribution in [0.1, 0.15) is 5.56 Å². The van der Waals surface area contributed by atoms with Crippen molar-refractivity contribution in [3.05, 3.63) is 64.6 Å². The number of para-hydroxylation sites is 2. The minimum Gasteiger partial charge on any atom is -0.306 e. The number of H-pyrrole nitrogens is 1. The van der Waals surface area contributed by atoms with Crippen LogP contribution in [0.3, 0.4) is 0 Å². The van der Waals surface area contributed by atoms with Gasteiger partial charge in [-0.15, -0.1) is 0 Å². The molecule has 1 heterocycles. The summed E-state index contributed by atoms with van der Waals surface area (Å²) < 4.78 is 28.6. The van der Waals surface area contributed by atoms with E-state index in [0.29, 0.717) is 0 Å². The average Bonchev–Trinajstić information content (AvgIpc) is 2.83. The number of aromatic nitrogens is 2. The van der Waals surface area contributed by atoms with Crippen molar-refractivity contribution in [2.75, 3.05) is 6.54 Å². The van der Waals surface area contributed by atoms with Crippen molar-refractivity contribution < 1.29 is 8.42 Å². The van der Waals surface area contributed by atoms with Gasteiger partial charge in [-0.3, -0.25) is 4.57 Å². The molecule has 0 saturated carbocycles. The van der Waals surface area contributed by atoms with E-state index in [0.717, 1.165) is 16.6 Å². The normalized spacial score (nSPS) is 11.9. The summed E-state index contributed by atoms with van der Waals surface area (Å²) in [5.41, 5.74) is 2.12. The Morgan fingerprint density at radius 3 is 2.70 bits per heavy atom. The van der Waals surface area contributed by atoms with Gasteiger partial charge in [-0.25, -0.2) is 17.9 Å². The van der Waals surface area contributed by atoms with E-state index in [9.17, 15) is 13.2 Å². The smallest absolute Gasteiger partial charge is 0.306 e. The molecular weight excluding hydrogens is 314 g/mol. The predicted octanol–water partition coefficient (Wildman–Crippen LogP) is 1.62. The number of benzene rings is 2. The Morgan fingerprint density at radius 1 is 1.13 bits per heavy atom. The minimum absolute atomic E-state index is 0.137. The maximum Gasteiger partial charge on any atom is 0.326 e. The zero-order chi connectivity index (χ0) is 16.4. The van der Waals surface area contributed by atoms with Gasteiger partial charge in [0.15, 0.2) is 0 Å². The van der Waals surface area contributed by atoms with Crippen molar-refractivity contribution in [1.82, 2.24) is 14.3 Å². The summed E-state index contributed by atoms with van der Waals surface area (Å²) in [6, 6.07) is 14.0. The molecule has 2 aromatic carbocycles. The number of imidazole rings is 1. The van der Waals surface area contributed by atoms with E-state index in [1.807, 2.05) is 37.3 Å². The van der Waals surface area contributed by atoms with Gasteiger partial charge >= 0.3 is 5.69 Å². The standard InChI is InChI=1S/C16H17N3O3S/c1-12-5-4-6-13(11-12)23(21,22)17-9-10-19-15-8-3-2-7-14(15)18-16(19)20/h2-8,11,17H,9-10H2,1H3,(H,18,20). The highest BCUT2D eigenvalue weighted by molar-refractivity contribution is 7.89. The van der Waals surface area contributed by atoms with E-state index in [1.54, 1.807) is 18.2 Å². The molecule has 3 rings (SSSR count). The van der Waals surface area contributed by atoms with E-state index in [4.69, 9.17) is 0 Å². The van der Waals surface area contributed by atoms with E-state index in [1.165, 1.54) is 4.57 Å². The van der Waals surface area contributed by atoms with Crippen molar-refractivity contribution in [3.8, 4) is 0 Å². The lowest BCUT2D eigenvalue weighted by Gasteiger charge is -2.08. The largest absolute Gasteiger partial charge is 0.326 e. The maximum atomic E-state index is 12.3. The Bertz CT molecular complexity index is 1000. The molecule has 23 heavy (non-hydrogen) atoms. The van der Waals surface area contributed by atoms with E-state index in [-0.39, 0.29) is 23.7 Å². The third-order valence-electron chi connectivity index (χ3n) is 3.61. The van der Waals surface area contributed by atoms with Crippen LogP contribution in [0.15, 0.2) is 58.2 Å². The molecule has 0 fully saturated rings. The van der Waals surface area contributed by atoms with E-state index >= 15 is 0 Å². The summed E-state index contributed by atoms with van der Waals surface area (Å²) in [7, 11) is -3.58. The van der Waals surface area contributed by atoms with Crippen molar-refractivity contribution >= 4 is 21.1 Å². The van der Waals surface area contributed by atoms with Crippen LogP contribution in [0.25, 0.3) is 11.0 Å². The fourth-order valence-electron chi connectivity index (χ4n) is 2.49. The van der Waals surface area contributed by atoms with Crippen LogP contribution in [-0.4, -0.2) is 24.5 Å². The number of nitrogens with zero attached hydrogens (tertiary/aromatic N) is 1. The summed E-state index contributed by atoms with van der Waals surface area (Å²) in [4.78, 5) is 14.9. The summed E-state index contributed by atoms with van der Waals surface area (Å²) in [6.45, 7) is 2.23. The molecule has 0 unspecified atom stereocenters. The minimum atomic E-state index is -3.58. The lowest BCUT2D eigenvalue weighted by atomic mass is 10.2. The van der Waals surface area contributed by atoms with Gasteiger partial charge in [0.05, 0.1) is 15.9 Å². The molecule has 0 aliphatic rings. The second-order valence-corrected chi connectivity index (χ2v) is 7.08. The Morgan fingerprint density at radius 2 is 1.91 bits per heavy atom. The van der Waals surface area contributed by atoms with Crippen LogP contribution in [0.4, 0.5) is 0 Å². The Balaban J connectivity index is 1.76. The molecule has 120 valence electrons. The van der Waals surface area contributed by atoms with Crippen LogP contribution in [0, 0.1) is 6.92 Å². The first-order chi connectivity index (χ1) is 11.0. The van der Waals surface area contributed by atoms with Crippen LogP contribution in [0.5, 0.6) is 0 Å². The second kappa shape index (κ2) is 6.02. The highest BCUT2D eigenvalue weighted by Crippen LogP contribution is 2.11. The molecule has 6 nitrogen and oxygen atoms in total. The predicted molar refractivity (Wildman–Crippen MR) is 88.9 cm³/mol. The zero-order valence-corrected chi connectivity index (χ0v) is 13.4. The highest BCUT2D eigenvalue weighted by Gasteiger charge is 2.14. The molecule has 0 bridgehead atoms. The lowest BCUT2D eigenvalue weighted by Crippen LogP contribution is -2.30. The SMILES string of the molecule is Cc1cccc(S(=O)(=O)NCCn2c(=O)[nH]c3ccccc32)c1. The van der Waals surface area contributed by atoms with Gasteiger partial charge in [0.2, 0.25) is 10.0 Å². The van der Waals surface area contributed by atoms with Gasteiger partial charge in [-0.1, -0.05) is 24.3 Å². The molecule has 0 aliphatic carbocycles. The molecular formula is C16H17N3O3S. The van der Waals surface area contributed by atoms with Gasteiger partial charge in [0.25, 0.3) is 0 Å². The van der Waals surface area contributed by atoms with Gasteiger partial charge in [0.1, 0.15) is 0 Å². The highest BCUT2D eigenvalue weighted by atomic mass is 32.2. The number of hydrogen-bond donors (Lipinski definition) is 2. The quantitative estimate of drug-likeness (QED) is 0.745. The number of sulfonamides is 1. The first kappa shape index (κ1) is 15.5. The number of hydrogen-bond acceptors (Lipinski definition) is 3. The Labute approximate surface area is 133 Å². The first-order valence-corrected chi connectivity index (χ1v) is 8.69. The lowest BCUT2D eigenvalue weighted by molar-refractivity contribution is 0.572. The van der Waals surface area contributed by atoms with E-state index in [2.05, 4.69) is 9.71 Å². The Hall–Kier alpha value is -2.38. The Kier molecular flexibility index (Phi) is 4.06. The monoisotopic (exact) mass is 331 g/mol. The third-order valence-corrected chi connectivity index (χ3v) is 5.07. The molecule has 0 spiro atoms. The van der Waals surface area contributed by atoms with Crippen molar-refractivity contribution in [2.45, 2.75) is 18.4 Å². The van der Waals surface area contributed by atoms with Gasteiger partial charge in [0, 0.05) is 13.1 Å². The van der Waals surface area contributed by atoms with Gasteiger partial charge in [-0.2, -0.15) is 0 Å². The second-order valence-electron chi connectivity index (χ2n) is 5.31. The molecule has 1 aromatic heterocycles. The van der Waals surface area contributed by atoms with E-state index < -0.39 is 10.0 Å². The van der Waals surface area contributed by atoms with Gasteiger partial charge in [-0.05, 0) is 36.8 Å². The number of fused-ring (bicyclic) bond motifs is 1. The molecule has 0 aliphatic heterocycles. The van der Waals surface area contributed by atoms with Gasteiger partial charge < -0.3 is 4.98 Å². The first-order valence-electron chi connectivity index (χ1n) is 7.21. The topological polar surface area (TPSA) is 84.0 Å². The molecule has 0 amide bonds. The van der Waals surface area contributed by atoms with Crippen LogP contribution in [-0.2, 0) is 16.6 Å². The van der Waals surface area contributed by atoms with Crippen LogP contribution >= 0.6 is 0 Å². The molecule has 7 heteroatoms. The molecule has 0 atom stereocenters.